The van der Waals surface area contributed by atoms with Crippen LogP contribution >= 0.6 is 34.2 Å². The van der Waals surface area contributed by atoms with Crippen molar-refractivity contribution in [2.45, 2.75) is 11.6 Å². The minimum absolute atomic E-state index is 0.141. The van der Waals surface area contributed by atoms with Gasteiger partial charge in [-0.2, -0.15) is 8.42 Å². The summed E-state index contributed by atoms with van der Waals surface area (Å²) in [4.78, 5) is 0. The van der Waals surface area contributed by atoms with Gasteiger partial charge in [-0.25, -0.2) is 0 Å². The van der Waals surface area contributed by atoms with Crippen LogP contribution in [-0.2, 0) is 16.6 Å². The lowest BCUT2D eigenvalue weighted by molar-refractivity contribution is 0.408. The average molecular weight is 427 g/mol. The Labute approximate surface area is 135 Å². The molecule has 0 aliphatic carbocycles. The fraction of sp³-hybridized carbons (Fsp3) is 0.167. The Morgan fingerprint density at radius 3 is 2.70 bits per heavy atom. The highest BCUT2D eigenvalue weighted by atomic mass is 127. The van der Waals surface area contributed by atoms with Crippen molar-refractivity contribution in [1.29, 1.82) is 0 Å². The first kappa shape index (κ1) is 15.6. The molecule has 0 unspecified atom stereocenters. The molecular formula is C12H12ClIN2O3S. The van der Waals surface area contributed by atoms with Gasteiger partial charge in [0.2, 0.25) is 5.09 Å². The Morgan fingerprint density at radius 2 is 2.05 bits per heavy atom. The summed E-state index contributed by atoms with van der Waals surface area (Å²) >= 11 is 8.10. The Morgan fingerprint density at radius 1 is 1.30 bits per heavy atom. The fourth-order valence-corrected chi connectivity index (χ4v) is 3.53. The third-order valence-electron chi connectivity index (χ3n) is 2.43. The molecule has 0 saturated carbocycles. The zero-order chi connectivity index (χ0) is 14.8. The van der Waals surface area contributed by atoms with E-state index in [2.05, 4.69) is 32.6 Å². The van der Waals surface area contributed by atoms with Crippen LogP contribution in [0, 0.1) is 3.57 Å². The summed E-state index contributed by atoms with van der Waals surface area (Å²) < 4.78 is 32.9. The van der Waals surface area contributed by atoms with Gasteiger partial charge in [0, 0.05) is 3.57 Å². The Hall–Kier alpha value is -0.770. The van der Waals surface area contributed by atoms with Crippen molar-refractivity contribution in [2.24, 2.45) is 0 Å². The number of hydrogen-bond acceptors (Lipinski definition) is 4. The van der Waals surface area contributed by atoms with Gasteiger partial charge in [-0.15, -0.1) is 0 Å². The van der Waals surface area contributed by atoms with Gasteiger partial charge < -0.3 is 9.73 Å². The standard InChI is InChI=1S/C12H12ClIN2O3S/c1-15-7-9-3-5-12(19-9)20(17,18)16-11-4-2-8(14)6-10(11)13/h2-6,15-16H,7H2,1H3. The normalized spacial score (nSPS) is 11.6. The molecule has 0 aliphatic rings. The molecule has 0 spiro atoms. The number of anilines is 1. The summed E-state index contributed by atoms with van der Waals surface area (Å²) in [6, 6.07) is 8.07. The molecule has 0 saturated heterocycles. The molecule has 1 aromatic heterocycles. The molecule has 1 aromatic carbocycles. The first-order valence-electron chi connectivity index (χ1n) is 5.63. The molecule has 0 bridgehead atoms. The molecule has 2 aromatic rings. The Bertz CT molecular complexity index is 715. The summed E-state index contributed by atoms with van der Waals surface area (Å²) in [6.45, 7) is 0.458. The highest BCUT2D eigenvalue weighted by Crippen LogP contribution is 2.26. The topological polar surface area (TPSA) is 71.3 Å². The minimum atomic E-state index is -3.78. The van der Waals surface area contributed by atoms with E-state index in [4.69, 9.17) is 16.0 Å². The Balaban J connectivity index is 2.26. The predicted molar refractivity (Wildman–Crippen MR) is 86.4 cm³/mol. The lowest BCUT2D eigenvalue weighted by Crippen LogP contribution is -2.12. The van der Waals surface area contributed by atoms with Crippen molar-refractivity contribution in [2.75, 3.05) is 11.8 Å². The van der Waals surface area contributed by atoms with Gasteiger partial charge >= 0.3 is 0 Å². The molecule has 5 nitrogen and oxygen atoms in total. The van der Waals surface area contributed by atoms with E-state index in [0.717, 1.165) is 3.57 Å². The third-order valence-corrected chi connectivity index (χ3v) is 4.65. The van der Waals surface area contributed by atoms with E-state index in [0.29, 0.717) is 23.0 Å². The predicted octanol–water partition coefficient (Wildman–Crippen LogP) is 3.06. The third kappa shape index (κ3) is 3.66. The van der Waals surface area contributed by atoms with Crippen LogP contribution in [0.3, 0.4) is 0 Å². The van der Waals surface area contributed by atoms with E-state index in [-0.39, 0.29) is 5.09 Å². The molecule has 108 valence electrons. The molecule has 0 radical (unpaired) electrons. The molecule has 0 aliphatic heterocycles. The maximum Gasteiger partial charge on any atom is 0.295 e. The van der Waals surface area contributed by atoms with Crippen LogP contribution in [0.1, 0.15) is 5.76 Å². The van der Waals surface area contributed by atoms with E-state index in [1.807, 2.05) is 0 Å². The second-order valence-electron chi connectivity index (χ2n) is 3.98. The number of halogens is 2. The summed E-state index contributed by atoms with van der Waals surface area (Å²) in [7, 11) is -2.03. The number of furan rings is 1. The number of nitrogens with one attached hydrogen (secondary N) is 2. The minimum Gasteiger partial charge on any atom is -0.446 e. The lowest BCUT2D eigenvalue weighted by Gasteiger charge is -2.07. The SMILES string of the molecule is CNCc1ccc(S(=O)(=O)Nc2ccc(I)cc2Cl)o1. The molecule has 2 rings (SSSR count). The van der Waals surface area contributed by atoms with Gasteiger partial charge in [0.05, 0.1) is 17.3 Å². The molecule has 2 N–H and O–H groups in total. The summed E-state index contributed by atoms with van der Waals surface area (Å²) in [5, 5.41) is 3.08. The van der Waals surface area contributed by atoms with Crippen LogP contribution in [0.4, 0.5) is 5.69 Å². The van der Waals surface area contributed by atoms with Crippen molar-refractivity contribution in [3.05, 3.63) is 44.7 Å². The van der Waals surface area contributed by atoms with Gasteiger partial charge in [-0.3, -0.25) is 4.72 Å². The lowest BCUT2D eigenvalue weighted by atomic mass is 10.3. The van der Waals surface area contributed by atoms with Crippen LogP contribution in [0.2, 0.25) is 5.02 Å². The summed E-state index contributed by atoms with van der Waals surface area (Å²) in [5.74, 6) is 0.543. The van der Waals surface area contributed by atoms with Crippen LogP contribution in [-0.4, -0.2) is 15.5 Å². The van der Waals surface area contributed by atoms with Crippen molar-refractivity contribution < 1.29 is 12.8 Å². The first-order valence-corrected chi connectivity index (χ1v) is 8.57. The second kappa shape index (κ2) is 6.33. The van der Waals surface area contributed by atoms with Gasteiger partial charge in [0.25, 0.3) is 10.0 Å². The molecule has 20 heavy (non-hydrogen) atoms. The number of rotatable bonds is 5. The highest BCUT2D eigenvalue weighted by Gasteiger charge is 2.20. The Kier molecular flexibility index (Phi) is 4.95. The molecular weight excluding hydrogens is 415 g/mol. The highest BCUT2D eigenvalue weighted by molar-refractivity contribution is 14.1. The monoisotopic (exact) mass is 426 g/mol. The first-order chi connectivity index (χ1) is 9.42. The van der Waals surface area contributed by atoms with Crippen molar-refractivity contribution >= 4 is 49.9 Å². The maximum absolute atomic E-state index is 12.2. The number of sulfonamides is 1. The fourth-order valence-electron chi connectivity index (χ4n) is 1.54. The second-order valence-corrected chi connectivity index (χ2v) is 7.25. The summed E-state index contributed by atoms with van der Waals surface area (Å²) in [5.41, 5.74) is 0.318. The van der Waals surface area contributed by atoms with E-state index in [1.165, 1.54) is 6.07 Å². The van der Waals surface area contributed by atoms with E-state index in [9.17, 15) is 8.42 Å². The number of hydrogen-bond donors (Lipinski definition) is 2. The zero-order valence-electron chi connectivity index (χ0n) is 10.5. The van der Waals surface area contributed by atoms with Gasteiger partial charge in [0.15, 0.2) is 0 Å². The van der Waals surface area contributed by atoms with Crippen LogP contribution in [0.25, 0.3) is 0 Å². The van der Waals surface area contributed by atoms with Crippen molar-refractivity contribution in [3.63, 3.8) is 0 Å². The van der Waals surface area contributed by atoms with Crippen molar-refractivity contribution in [1.82, 2.24) is 5.32 Å². The van der Waals surface area contributed by atoms with Gasteiger partial charge in [-0.1, -0.05) is 11.6 Å². The van der Waals surface area contributed by atoms with Gasteiger partial charge in [-0.05, 0) is 60.0 Å². The van der Waals surface area contributed by atoms with Crippen LogP contribution < -0.4 is 10.0 Å². The molecule has 0 amide bonds. The molecule has 1 heterocycles. The smallest absolute Gasteiger partial charge is 0.295 e. The zero-order valence-corrected chi connectivity index (χ0v) is 14.2. The van der Waals surface area contributed by atoms with Crippen LogP contribution in [0.15, 0.2) is 39.8 Å². The summed E-state index contributed by atoms with van der Waals surface area (Å²) in [6.07, 6.45) is 0. The number of benzene rings is 1. The maximum atomic E-state index is 12.2. The van der Waals surface area contributed by atoms with Crippen LogP contribution in [0.5, 0.6) is 0 Å². The quantitative estimate of drug-likeness (QED) is 0.721. The van der Waals surface area contributed by atoms with E-state index in [1.54, 1.807) is 31.3 Å². The van der Waals surface area contributed by atoms with E-state index < -0.39 is 10.0 Å². The average Bonchev–Trinajstić information content (AvgIpc) is 2.83. The van der Waals surface area contributed by atoms with Gasteiger partial charge in [0.1, 0.15) is 5.76 Å². The molecule has 0 atom stereocenters. The van der Waals surface area contributed by atoms with E-state index >= 15 is 0 Å². The van der Waals surface area contributed by atoms with Crippen molar-refractivity contribution in [3.8, 4) is 0 Å². The largest absolute Gasteiger partial charge is 0.446 e. The molecule has 0 fully saturated rings. The molecule has 8 heteroatoms.